The summed E-state index contributed by atoms with van der Waals surface area (Å²) in [5.74, 6) is 0. The minimum atomic E-state index is 0.583. The molecule has 0 spiro atoms. The number of benzene rings is 1. The van der Waals surface area contributed by atoms with Crippen LogP contribution < -0.4 is 5.73 Å². The molecule has 1 aromatic carbocycles. The minimum Gasteiger partial charge on any atom is -0.398 e. The van der Waals surface area contributed by atoms with E-state index >= 15 is 0 Å². The van der Waals surface area contributed by atoms with E-state index in [1.165, 1.54) is 0 Å². The molecule has 1 heterocycles. The van der Waals surface area contributed by atoms with Crippen LogP contribution in [0.15, 0.2) is 18.2 Å². The van der Waals surface area contributed by atoms with Crippen molar-refractivity contribution in [2.45, 2.75) is 13.8 Å². The zero-order chi connectivity index (χ0) is 11.9. The number of hydrogen-bond donors (Lipinski definition) is 1. The van der Waals surface area contributed by atoms with Crippen LogP contribution in [0.25, 0.3) is 11.1 Å². The molecule has 0 aliphatic carbocycles. The van der Waals surface area contributed by atoms with Crippen molar-refractivity contribution in [1.29, 1.82) is 0 Å². The molecule has 84 valence electrons. The van der Waals surface area contributed by atoms with Crippen molar-refractivity contribution in [1.82, 2.24) is 9.78 Å². The molecule has 0 fully saturated rings. The molecule has 16 heavy (non-hydrogen) atoms. The molecule has 2 aromatic rings. The lowest BCUT2D eigenvalue weighted by atomic mass is 10.0. The molecule has 0 atom stereocenters. The fourth-order valence-electron chi connectivity index (χ4n) is 1.87. The molecule has 4 heteroatoms. The van der Waals surface area contributed by atoms with E-state index in [-0.39, 0.29) is 0 Å². The van der Waals surface area contributed by atoms with Gasteiger partial charge in [0.1, 0.15) is 0 Å². The highest BCUT2D eigenvalue weighted by molar-refractivity contribution is 6.33. The molecule has 0 saturated carbocycles. The Morgan fingerprint density at radius 1 is 1.31 bits per heavy atom. The Labute approximate surface area is 99.8 Å². The summed E-state index contributed by atoms with van der Waals surface area (Å²) in [6, 6.07) is 5.68. The first-order chi connectivity index (χ1) is 7.50. The summed E-state index contributed by atoms with van der Waals surface area (Å²) in [6.45, 7) is 4.03. The van der Waals surface area contributed by atoms with Crippen molar-refractivity contribution in [3.63, 3.8) is 0 Å². The van der Waals surface area contributed by atoms with E-state index in [4.69, 9.17) is 17.3 Å². The van der Waals surface area contributed by atoms with Gasteiger partial charge in [-0.05, 0) is 31.5 Å². The third-order valence-electron chi connectivity index (χ3n) is 2.80. The quantitative estimate of drug-likeness (QED) is 0.773. The summed E-state index contributed by atoms with van der Waals surface area (Å²) in [5, 5.41) is 4.96. The Balaban J connectivity index is 2.63. The smallest absolute Gasteiger partial charge is 0.0674 e. The Bertz CT molecular complexity index is 543. The number of aryl methyl sites for hydroxylation is 2. The van der Waals surface area contributed by atoms with Crippen LogP contribution in [0.5, 0.6) is 0 Å². The largest absolute Gasteiger partial charge is 0.398 e. The second-order valence-electron chi connectivity index (χ2n) is 3.91. The number of nitrogen functional groups attached to an aromatic ring is 1. The van der Waals surface area contributed by atoms with Crippen LogP contribution >= 0.6 is 11.6 Å². The monoisotopic (exact) mass is 235 g/mol. The summed E-state index contributed by atoms with van der Waals surface area (Å²) in [6.07, 6.45) is 0. The van der Waals surface area contributed by atoms with Gasteiger partial charge < -0.3 is 5.73 Å². The van der Waals surface area contributed by atoms with E-state index in [0.717, 1.165) is 22.5 Å². The molecular weight excluding hydrogens is 222 g/mol. The van der Waals surface area contributed by atoms with Gasteiger partial charge >= 0.3 is 0 Å². The SMILES string of the molecule is Cc1nn(C)c(C)c1-c1ccc(N)c(Cl)c1. The predicted molar refractivity (Wildman–Crippen MR) is 67.5 cm³/mol. The van der Waals surface area contributed by atoms with Crippen molar-refractivity contribution in [3.8, 4) is 11.1 Å². The van der Waals surface area contributed by atoms with E-state index in [1.54, 1.807) is 0 Å². The Hall–Kier alpha value is -1.48. The van der Waals surface area contributed by atoms with Crippen molar-refractivity contribution in [3.05, 3.63) is 34.6 Å². The zero-order valence-electron chi connectivity index (χ0n) is 9.58. The number of anilines is 1. The first kappa shape index (κ1) is 11.0. The molecule has 0 radical (unpaired) electrons. The Morgan fingerprint density at radius 3 is 2.50 bits per heavy atom. The molecule has 0 aliphatic heterocycles. The molecule has 3 nitrogen and oxygen atoms in total. The number of hydrogen-bond acceptors (Lipinski definition) is 2. The van der Waals surface area contributed by atoms with Crippen LogP contribution in [0.4, 0.5) is 5.69 Å². The highest BCUT2D eigenvalue weighted by Crippen LogP contribution is 2.30. The molecule has 0 amide bonds. The van der Waals surface area contributed by atoms with Gasteiger partial charge in [0, 0.05) is 18.3 Å². The van der Waals surface area contributed by atoms with Crippen LogP contribution in [0.2, 0.25) is 5.02 Å². The van der Waals surface area contributed by atoms with Crippen molar-refractivity contribution in [2.75, 3.05) is 5.73 Å². The second kappa shape index (κ2) is 3.83. The van der Waals surface area contributed by atoms with Crippen molar-refractivity contribution < 1.29 is 0 Å². The lowest BCUT2D eigenvalue weighted by Gasteiger charge is -2.04. The molecule has 0 aliphatic rings. The van der Waals surface area contributed by atoms with Crippen LogP contribution in [0.3, 0.4) is 0 Å². The van der Waals surface area contributed by atoms with Crippen molar-refractivity contribution in [2.24, 2.45) is 7.05 Å². The summed E-state index contributed by atoms with van der Waals surface area (Å²) in [5.41, 5.74) is 10.6. The van der Waals surface area contributed by atoms with Gasteiger partial charge in [0.25, 0.3) is 0 Å². The minimum absolute atomic E-state index is 0.583. The molecular formula is C12H14ClN3. The van der Waals surface area contributed by atoms with Crippen molar-refractivity contribution >= 4 is 17.3 Å². The van der Waals surface area contributed by atoms with Gasteiger partial charge in [0.05, 0.1) is 16.4 Å². The average Bonchev–Trinajstić information content (AvgIpc) is 2.47. The third-order valence-corrected chi connectivity index (χ3v) is 3.13. The molecule has 1 aromatic heterocycles. The maximum Gasteiger partial charge on any atom is 0.0674 e. The van der Waals surface area contributed by atoms with E-state index in [2.05, 4.69) is 5.10 Å². The zero-order valence-corrected chi connectivity index (χ0v) is 10.3. The van der Waals surface area contributed by atoms with Crippen LogP contribution in [-0.2, 0) is 7.05 Å². The lowest BCUT2D eigenvalue weighted by molar-refractivity contribution is 0.731. The predicted octanol–water partition coefficient (Wildman–Crippen LogP) is 2.94. The van der Waals surface area contributed by atoms with E-state index in [9.17, 15) is 0 Å². The number of nitrogens with two attached hydrogens (primary N) is 1. The molecule has 0 bridgehead atoms. The highest BCUT2D eigenvalue weighted by Gasteiger charge is 2.12. The van der Waals surface area contributed by atoms with Crippen LogP contribution in [-0.4, -0.2) is 9.78 Å². The normalized spacial score (nSPS) is 10.8. The van der Waals surface area contributed by atoms with Gasteiger partial charge in [-0.25, -0.2) is 0 Å². The Kier molecular flexibility index (Phi) is 2.64. The number of aromatic nitrogens is 2. The lowest BCUT2D eigenvalue weighted by Crippen LogP contribution is -1.93. The second-order valence-corrected chi connectivity index (χ2v) is 4.31. The topological polar surface area (TPSA) is 43.8 Å². The standard InChI is InChI=1S/C12H14ClN3/c1-7-12(8(2)16(3)15-7)9-4-5-11(14)10(13)6-9/h4-6H,14H2,1-3H3. The number of rotatable bonds is 1. The van der Waals surface area contributed by atoms with E-state index < -0.39 is 0 Å². The summed E-state index contributed by atoms with van der Waals surface area (Å²) in [7, 11) is 1.94. The van der Waals surface area contributed by atoms with Gasteiger partial charge in [0.15, 0.2) is 0 Å². The van der Waals surface area contributed by atoms with Gasteiger partial charge in [-0.2, -0.15) is 5.10 Å². The van der Waals surface area contributed by atoms with Gasteiger partial charge in [0.2, 0.25) is 0 Å². The maximum absolute atomic E-state index is 6.02. The first-order valence-corrected chi connectivity index (χ1v) is 5.44. The summed E-state index contributed by atoms with van der Waals surface area (Å²) >= 11 is 6.02. The van der Waals surface area contributed by atoms with Gasteiger partial charge in [-0.3, -0.25) is 4.68 Å². The summed E-state index contributed by atoms with van der Waals surface area (Å²) in [4.78, 5) is 0. The van der Waals surface area contributed by atoms with Crippen LogP contribution in [0.1, 0.15) is 11.4 Å². The number of nitrogens with zero attached hydrogens (tertiary/aromatic N) is 2. The molecule has 0 unspecified atom stereocenters. The average molecular weight is 236 g/mol. The Morgan fingerprint density at radius 2 is 2.00 bits per heavy atom. The van der Waals surface area contributed by atoms with E-state index in [1.807, 2.05) is 43.8 Å². The first-order valence-electron chi connectivity index (χ1n) is 5.06. The van der Waals surface area contributed by atoms with Gasteiger partial charge in [-0.1, -0.05) is 17.7 Å². The van der Waals surface area contributed by atoms with Crippen LogP contribution in [0, 0.1) is 13.8 Å². The molecule has 0 saturated heterocycles. The highest BCUT2D eigenvalue weighted by atomic mass is 35.5. The van der Waals surface area contributed by atoms with Gasteiger partial charge in [-0.15, -0.1) is 0 Å². The molecule has 2 rings (SSSR count). The van der Waals surface area contributed by atoms with E-state index in [0.29, 0.717) is 10.7 Å². The number of halogens is 1. The fourth-order valence-corrected chi connectivity index (χ4v) is 2.05. The maximum atomic E-state index is 6.02. The molecule has 2 N–H and O–H groups in total. The third kappa shape index (κ3) is 1.67. The fraction of sp³-hybridized carbons (Fsp3) is 0.250. The summed E-state index contributed by atoms with van der Waals surface area (Å²) < 4.78 is 1.87.